The Balaban J connectivity index is 4.74. The van der Waals surface area contributed by atoms with E-state index in [0.717, 1.165) is 44.9 Å². The molecule has 0 aliphatic rings. The minimum atomic E-state index is -1.53. The maximum Gasteiger partial charge on any atom is 0.361 e. The van der Waals surface area contributed by atoms with E-state index in [1.807, 2.05) is 33.3 Å². The molecule has 0 radical (unpaired) electrons. The molecule has 0 spiro atoms. The molecule has 48 heavy (non-hydrogen) atoms. The van der Waals surface area contributed by atoms with Gasteiger partial charge in [-0.1, -0.05) is 120 Å². The van der Waals surface area contributed by atoms with Gasteiger partial charge in [-0.25, -0.2) is 4.79 Å². The number of allylic oxidation sites excluding steroid dienone is 9. The fourth-order valence-electron chi connectivity index (χ4n) is 4.26. The van der Waals surface area contributed by atoms with Crippen molar-refractivity contribution in [3.63, 3.8) is 0 Å². The van der Waals surface area contributed by atoms with Crippen molar-refractivity contribution >= 4 is 17.9 Å². The van der Waals surface area contributed by atoms with E-state index in [0.29, 0.717) is 17.4 Å². The van der Waals surface area contributed by atoms with Gasteiger partial charge in [0.2, 0.25) is 0 Å². The first kappa shape index (κ1) is 45.0. The first-order valence-electron chi connectivity index (χ1n) is 18.0. The van der Waals surface area contributed by atoms with Gasteiger partial charge in [-0.05, 0) is 38.5 Å². The number of aliphatic carboxylic acids is 1. The van der Waals surface area contributed by atoms with Crippen LogP contribution >= 0.6 is 0 Å². The van der Waals surface area contributed by atoms with Gasteiger partial charge in [0.1, 0.15) is 13.2 Å². The number of hydrogen-bond acceptors (Lipinski definition) is 7. The molecule has 0 aromatic heterocycles. The molecule has 0 aromatic rings. The summed E-state index contributed by atoms with van der Waals surface area (Å²) in [5.74, 6) is -2.19. The van der Waals surface area contributed by atoms with Crippen LogP contribution in [-0.2, 0) is 33.3 Å². The predicted molar refractivity (Wildman–Crippen MR) is 193 cm³/mol. The lowest BCUT2D eigenvalue weighted by Crippen LogP contribution is -2.40. The zero-order valence-corrected chi connectivity index (χ0v) is 30.6. The molecule has 0 heterocycles. The van der Waals surface area contributed by atoms with Crippen LogP contribution in [0.2, 0.25) is 0 Å². The Morgan fingerprint density at radius 2 is 1.17 bits per heavy atom. The fraction of sp³-hybridized carbons (Fsp3) is 0.667. The standard InChI is InChI=1S/C39H65NO8/c1-6-8-10-12-14-16-17-18-19-20-21-22-24-26-28-30-37(42)48-35(34-47-39(38(43)44)45-32-31-40(3,4)5)33-46-36(41)29-27-25-23-15-13-11-9-7-2/h8,10,14,16,18-19,21-22,26,28,35,39H,6-7,9,11-13,15,17,20,23-25,27,29-34H2,1-5H3/p+1/b10-8-,16-14-,19-18-,22-21-,28-26-. The number of esters is 2. The number of quaternary nitrogens is 1. The third-order valence-electron chi connectivity index (χ3n) is 7.07. The summed E-state index contributed by atoms with van der Waals surface area (Å²) in [5, 5.41) is 9.55. The molecule has 0 saturated carbocycles. The highest BCUT2D eigenvalue weighted by Crippen LogP contribution is 2.11. The summed E-state index contributed by atoms with van der Waals surface area (Å²) in [7, 11) is 5.90. The molecule has 1 N–H and O–H groups in total. The third kappa shape index (κ3) is 31.6. The Morgan fingerprint density at radius 1 is 0.646 bits per heavy atom. The van der Waals surface area contributed by atoms with Crippen LogP contribution in [0.3, 0.4) is 0 Å². The van der Waals surface area contributed by atoms with Gasteiger partial charge in [-0.2, -0.15) is 0 Å². The highest BCUT2D eigenvalue weighted by atomic mass is 16.7. The van der Waals surface area contributed by atoms with Gasteiger partial charge < -0.3 is 28.5 Å². The van der Waals surface area contributed by atoms with E-state index < -0.39 is 24.3 Å². The van der Waals surface area contributed by atoms with Crippen molar-refractivity contribution in [3.8, 4) is 0 Å². The first-order chi connectivity index (χ1) is 23.1. The number of rotatable bonds is 31. The molecule has 9 heteroatoms. The summed E-state index contributed by atoms with van der Waals surface area (Å²) in [4.78, 5) is 36.6. The van der Waals surface area contributed by atoms with Crippen molar-refractivity contribution in [1.29, 1.82) is 0 Å². The van der Waals surface area contributed by atoms with Crippen molar-refractivity contribution in [2.45, 2.75) is 123 Å². The van der Waals surface area contributed by atoms with Crippen molar-refractivity contribution in [1.82, 2.24) is 0 Å². The van der Waals surface area contributed by atoms with Gasteiger partial charge in [0, 0.05) is 6.42 Å². The molecule has 9 nitrogen and oxygen atoms in total. The number of carbonyl (C=O) groups excluding carboxylic acids is 2. The van der Waals surface area contributed by atoms with Gasteiger partial charge in [-0.3, -0.25) is 9.59 Å². The molecule has 0 fully saturated rings. The second kappa shape index (κ2) is 31.3. The fourth-order valence-corrected chi connectivity index (χ4v) is 4.26. The molecule has 0 saturated heterocycles. The van der Waals surface area contributed by atoms with Crippen molar-refractivity contribution in [2.24, 2.45) is 0 Å². The topological polar surface area (TPSA) is 108 Å². The molecule has 274 valence electrons. The lowest BCUT2D eigenvalue weighted by molar-refractivity contribution is -0.870. The van der Waals surface area contributed by atoms with E-state index in [1.165, 1.54) is 32.1 Å². The van der Waals surface area contributed by atoms with Crippen LogP contribution < -0.4 is 0 Å². The predicted octanol–water partition coefficient (Wildman–Crippen LogP) is 8.26. The van der Waals surface area contributed by atoms with Gasteiger partial charge >= 0.3 is 17.9 Å². The van der Waals surface area contributed by atoms with E-state index in [9.17, 15) is 19.5 Å². The first-order valence-corrected chi connectivity index (χ1v) is 18.0. The van der Waals surface area contributed by atoms with E-state index in [1.54, 1.807) is 6.08 Å². The Labute approximate surface area is 291 Å². The molecule has 2 unspecified atom stereocenters. The molecular weight excluding hydrogens is 610 g/mol. The monoisotopic (exact) mass is 676 g/mol. The summed E-state index contributed by atoms with van der Waals surface area (Å²) in [6.07, 6.45) is 31.8. The van der Waals surface area contributed by atoms with Gasteiger partial charge in [-0.15, -0.1) is 0 Å². The summed E-state index contributed by atoms with van der Waals surface area (Å²) in [6, 6.07) is 0. The van der Waals surface area contributed by atoms with Gasteiger partial charge in [0.05, 0.1) is 40.8 Å². The minimum Gasteiger partial charge on any atom is -0.477 e. The minimum absolute atomic E-state index is 0.0264. The zero-order valence-electron chi connectivity index (χ0n) is 30.6. The number of nitrogens with zero attached hydrogens (tertiary/aromatic N) is 1. The Morgan fingerprint density at radius 3 is 1.69 bits per heavy atom. The quantitative estimate of drug-likeness (QED) is 0.0257. The van der Waals surface area contributed by atoms with Crippen LogP contribution in [0.1, 0.15) is 110 Å². The molecule has 2 atom stereocenters. The van der Waals surface area contributed by atoms with Crippen molar-refractivity contribution in [3.05, 3.63) is 60.8 Å². The van der Waals surface area contributed by atoms with E-state index in [2.05, 4.69) is 56.4 Å². The van der Waals surface area contributed by atoms with Gasteiger partial charge in [0.25, 0.3) is 6.29 Å². The molecule has 0 aliphatic heterocycles. The SMILES string of the molecule is CC/C=C\C/C=C\C/C=C\C/C=C\C/C=C\CC(=O)OC(COC(=O)CCCCCCCCCC)COC(OCC[N+](C)(C)C)C(=O)O. The summed E-state index contributed by atoms with van der Waals surface area (Å²) in [5.41, 5.74) is 0. The van der Waals surface area contributed by atoms with Crippen LogP contribution in [0.15, 0.2) is 60.8 Å². The second-order valence-corrected chi connectivity index (χ2v) is 12.8. The largest absolute Gasteiger partial charge is 0.477 e. The maximum atomic E-state index is 12.6. The highest BCUT2D eigenvalue weighted by molar-refractivity contribution is 5.72. The molecule has 0 aromatic carbocycles. The lowest BCUT2D eigenvalue weighted by Gasteiger charge is -2.25. The molecule has 0 amide bonds. The molecule has 0 rings (SSSR count). The van der Waals surface area contributed by atoms with Crippen molar-refractivity contribution in [2.75, 3.05) is 47.5 Å². The number of carbonyl (C=O) groups is 3. The zero-order chi connectivity index (χ0) is 35.7. The van der Waals surface area contributed by atoms with Crippen LogP contribution in [-0.4, -0.2) is 87.4 Å². The number of carboxylic acids is 1. The van der Waals surface area contributed by atoms with Crippen LogP contribution in [0, 0.1) is 0 Å². The summed E-state index contributed by atoms with van der Waals surface area (Å²) >= 11 is 0. The number of ether oxygens (including phenoxy) is 4. The van der Waals surface area contributed by atoms with Crippen LogP contribution in [0.4, 0.5) is 0 Å². The number of likely N-dealkylation sites (N-methyl/N-ethyl adjacent to an activating group) is 1. The average Bonchev–Trinajstić information content (AvgIpc) is 3.03. The number of hydrogen-bond donors (Lipinski definition) is 1. The Kier molecular flexibility index (Phi) is 29.3. The van der Waals surface area contributed by atoms with E-state index in [4.69, 9.17) is 18.9 Å². The smallest absolute Gasteiger partial charge is 0.361 e. The maximum absolute atomic E-state index is 12.6. The average molecular weight is 677 g/mol. The van der Waals surface area contributed by atoms with E-state index >= 15 is 0 Å². The van der Waals surface area contributed by atoms with E-state index in [-0.39, 0.29) is 38.6 Å². The number of carboxylic acid groups (broad SMARTS) is 1. The lowest BCUT2D eigenvalue weighted by atomic mass is 10.1. The summed E-state index contributed by atoms with van der Waals surface area (Å²) < 4.78 is 22.4. The second-order valence-electron chi connectivity index (χ2n) is 12.8. The molecular formula is C39H66NO8+. The normalized spacial score (nSPS) is 13.8. The highest BCUT2D eigenvalue weighted by Gasteiger charge is 2.24. The molecule has 0 aliphatic carbocycles. The van der Waals surface area contributed by atoms with Crippen LogP contribution in [0.5, 0.6) is 0 Å². The Bertz CT molecular complexity index is 977. The number of unbranched alkanes of at least 4 members (excludes halogenated alkanes) is 7. The third-order valence-corrected chi connectivity index (χ3v) is 7.07. The van der Waals surface area contributed by atoms with Crippen molar-refractivity contribution < 1.29 is 42.9 Å². The van der Waals surface area contributed by atoms with Gasteiger partial charge in [0.15, 0.2) is 6.10 Å². The Hall–Kier alpha value is -3.01. The molecule has 0 bridgehead atoms. The summed E-state index contributed by atoms with van der Waals surface area (Å²) in [6.45, 7) is 4.56. The van der Waals surface area contributed by atoms with Crippen LogP contribution in [0.25, 0.3) is 0 Å².